The highest BCUT2D eigenvalue weighted by atomic mass is 79.9. The molecular formula is C21H22BrN3O2S. The van der Waals surface area contributed by atoms with Gasteiger partial charge in [0.2, 0.25) is 0 Å². The first-order chi connectivity index (χ1) is 13.5. The molecule has 2 aliphatic rings. The van der Waals surface area contributed by atoms with Crippen molar-refractivity contribution in [3.8, 4) is 0 Å². The molecule has 0 aliphatic carbocycles. The third-order valence-electron chi connectivity index (χ3n) is 5.96. The molecule has 0 N–H and O–H groups in total. The van der Waals surface area contributed by atoms with Gasteiger partial charge in [0.05, 0.1) is 16.1 Å². The number of aromatic nitrogens is 1. The number of benzene rings is 2. The van der Waals surface area contributed by atoms with Gasteiger partial charge in [0, 0.05) is 41.7 Å². The van der Waals surface area contributed by atoms with Crippen LogP contribution in [-0.4, -0.2) is 49.5 Å². The van der Waals surface area contributed by atoms with Crippen LogP contribution in [0.3, 0.4) is 0 Å². The summed E-state index contributed by atoms with van der Waals surface area (Å²) < 4.78 is 29.0. The van der Waals surface area contributed by atoms with Crippen LogP contribution in [0.5, 0.6) is 0 Å². The lowest BCUT2D eigenvalue weighted by Crippen LogP contribution is -2.50. The number of anilines is 1. The van der Waals surface area contributed by atoms with Crippen molar-refractivity contribution in [2.75, 3.05) is 31.1 Å². The molecule has 0 radical (unpaired) electrons. The highest BCUT2D eigenvalue weighted by molar-refractivity contribution is 9.10. The molecule has 2 aliphatic heterocycles. The summed E-state index contributed by atoms with van der Waals surface area (Å²) in [6, 6.07) is 15.2. The molecule has 0 amide bonds. The van der Waals surface area contributed by atoms with Crippen LogP contribution in [0.25, 0.3) is 10.9 Å². The molecule has 28 heavy (non-hydrogen) atoms. The molecule has 0 spiro atoms. The number of fused-ring (bicyclic) bond motifs is 2. The number of rotatable bonds is 3. The summed E-state index contributed by atoms with van der Waals surface area (Å²) in [6.07, 6.45) is 4.30. The summed E-state index contributed by atoms with van der Waals surface area (Å²) in [5.74, 6) is 0. The molecule has 1 atom stereocenters. The van der Waals surface area contributed by atoms with Gasteiger partial charge in [-0.15, -0.1) is 0 Å². The second kappa shape index (κ2) is 6.90. The van der Waals surface area contributed by atoms with Crippen LogP contribution in [0.15, 0.2) is 64.1 Å². The van der Waals surface area contributed by atoms with Gasteiger partial charge in [-0.25, -0.2) is 12.4 Å². The largest absolute Gasteiger partial charge is 0.367 e. The molecule has 1 aromatic heterocycles. The Morgan fingerprint density at radius 2 is 1.75 bits per heavy atom. The van der Waals surface area contributed by atoms with Gasteiger partial charge in [0.15, 0.2) is 0 Å². The Morgan fingerprint density at radius 3 is 2.57 bits per heavy atom. The van der Waals surface area contributed by atoms with Crippen molar-refractivity contribution in [1.82, 2.24) is 8.87 Å². The van der Waals surface area contributed by atoms with Crippen LogP contribution in [0.4, 0.5) is 5.69 Å². The van der Waals surface area contributed by atoms with E-state index in [0.717, 1.165) is 40.7 Å². The fourth-order valence-electron chi connectivity index (χ4n) is 4.51. The van der Waals surface area contributed by atoms with E-state index >= 15 is 0 Å². The predicted molar refractivity (Wildman–Crippen MR) is 115 cm³/mol. The summed E-state index contributed by atoms with van der Waals surface area (Å²) in [5, 5.41) is 0.995. The Hall–Kier alpha value is -1.83. The topological polar surface area (TPSA) is 45.6 Å². The van der Waals surface area contributed by atoms with E-state index in [9.17, 15) is 8.42 Å². The van der Waals surface area contributed by atoms with Gasteiger partial charge in [-0.1, -0.05) is 34.1 Å². The van der Waals surface area contributed by atoms with Crippen LogP contribution in [0, 0.1) is 0 Å². The van der Waals surface area contributed by atoms with Crippen LogP contribution in [0.2, 0.25) is 0 Å². The molecule has 5 nitrogen and oxygen atoms in total. The number of piperazine rings is 1. The van der Waals surface area contributed by atoms with Crippen LogP contribution in [0.1, 0.15) is 12.8 Å². The minimum atomic E-state index is -3.66. The fourth-order valence-corrected chi connectivity index (χ4v) is 6.14. The molecule has 3 aromatic rings. The second-order valence-electron chi connectivity index (χ2n) is 7.56. The van der Waals surface area contributed by atoms with Crippen molar-refractivity contribution >= 4 is 42.5 Å². The molecule has 146 valence electrons. The van der Waals surface area contributed by atoms with Gasteiger partial charge in [0.1, 0.15) is 0 Å². The Morgan fingerprint density at radius 1 is 0.964 bits per heavy atom. The maximum Gasteiger partial charge on any atom is 0.268 e. The van der Waals surface area contributed by atoms with Crippen molar-refractivity contribution in [3.05, 3.63) is 59.2 Å². The van der Waals surface area contributed by atoms with Crippen LogP contribution >= 0.6 is 15.9 Å². The monoisotopic (exact) mass is 459 g/mol. The van der Waals surface area contributed by atoms with Crippen molar-refractivity contribution in [3.63, 3.8) is 0 Å². The number of hydrogen-bond acceptors (Lipinski definition) is 4. The third kappa shape index (κ3) is 2.96. The number of halogens is 1. The molecule has 5 rings (SSSR count). The van der Waals surface area contributed by atoms with Crippen molar-refractivity contribution in [2.24, 2.45) is 0 Å². The first kappa shape index (κ1) is 18.2. The molecule has 0 bridgehead atoms. The third-order valence-corrected chi connectivity index (χ3v) is 8.17. The molecule has 0 saturated carbocycles. The van der Waals surface area contributed by atoms with Crippen molar-refractivity contribution < 1.29 is 8.42 Å². The van der Waals surface area contributed by atoms with Crippen molar-refractivity contribution in [1.29, 1.82) is 0 Å². The minimum absolute atomic E-state index is 0.295. The van der Waals surface area contributed by atoms with Gasteiger partial charge in [0.25, 0.3) is 10.0 Å². The van der Waals surface area contributed by atoms with Crippen molar-refractivity contribution in [2.45, 2.75) is 23.8 Å². The SMILES string of the molecule is O=S(=O)(c1ccc(Br)cc1)n1cc(N2CCN3CCCC3C2)c2ccccc21. The molecule has 1 unspecified atom stereocenters. The lowest BCUT2D eigenvalue weighted by Gasteiger charge is -2.38. The maximum absolute atomic E-state index is 13.4. The van der Waals surface area contributed by atoms with Gasteiger partial charge in [-0.3, -0.25) is 4.90 Å². The molecule has 2 aromatic carbocycles. The molecule has 3 heterocycles. The maximum atomic E-state index is 13.4. The molecule has 7 heteroatoms. The molecular weight excluding hydrogens is 438 g/mol. The molecule has 2 fully saturated rings. The highest BCUT2D eigenvalue weighted by Gasteiger charge is 2.32. The van der Waals surface area contributed by atoms with Crippen LogP contribution < -0.4 is 4.90 Å². The zero-order valence-corrected chi connectivity index (χ0v) is 17.9. The van der Waals surface area contributed by atoms with E-state index in [1.165, 1.54) is 23.4 Å². The number of nitrogens with zero attached hydrogens (tertiary/aromatic N) is 3. The molecule has 2 saturated heterocycles. The summed E-state index contributed by atoms with van der Waals surface area (Å²) >= 11 is 3.37. The Labute approximate surface area is 173 Å². The first-order valence-corrected chi connectivity index (χ1v) is 11.9. The van der Waals surface area contributed by atoms with Gasteiger partial charge in [-0.05, 0) is 49.7 Å². The second-order valence-corrected chi connectivity index (χ2v) is 10.3. The summed E-state index contributed by atoms with van der Waals surface area (Å²) in [6.45, 7) is 4.14. The van der Waals surface area contributed by atoms with E-state index in [1.54, 1.807) is 24.3 Å². The lowest BCUT2D eigenvalue weighted by molar-refractivity contribution is 0.231. The van der Waals surface area contributed by atoms with E-state index in [0.29, 0.717) is 10.9 Å². The zero-order chi connectivity index (χ0) is 19.3. The van der Waals surface area contributed by atoms with Gasteiger partial charge in [-0.2, -0.15) is 0 Å². The number of hydrogen-bond donors (Lipinski definition) is 0. The highest BCUT2D eigenvalue weighted by Crippen LogP contribution is 2.34. The van der Waals surface area contributed by atoms with Crippen LogP contribution in [-0.2, 0) is 10.0 Å². The summed E-state index contributed by atoms with van der Waals surface area (Å²) in [7, 11) is -3.66. The Balaban J connectivity index is 1.60. The normalized spacial score (nSPS) is 20.6. The van der Waals surface area contributed by atoms with E-state index in [1.807, 2.05) is 30.5 Å². The van der Waals surface area contributed by atoms with E-state index in [2.05, 4.69) is 25.7 Å². The standard InChI is InChI=1S/C21H22BrN3O2S/c22-16-7-9-18(10-8-16)28(26,27)25-15-21(19-5-1-2-6-20(19)25)24-13-12-23-11-3-4-17(23)14-24/h1-2,5-10,15,17H,3-4,11-14H2. The van der Waals surface area contributed by atoms with E-state index < -0.39 is 10.0 Å². The smallest absolute Gasteiger partial charge is 0.268 e. The lowest BCUT2D eigenvalue weighted by atomic mass is 10.1. The van der Waals surface area contributed by atoms with Gasteiger partial charge < -0.3 is 4.90 Å². The van der Waals surface area contributed by atoms with Gasteiger partial charge >= 0.3 is 0 Å². The predicted octanol–water partition coefficient (Wildman–Crippen LogP) is 3.93. The Bertz CT molecular complexity index is 1120. The quantitative estimate of drug-likeness (QED) is 0.595. The first-order valence-electron chi connectivity index (χ1n) is 9.64. The number of para-hydroxylation sites is 1. The fraction of sp³-hybridized carbons (Fsp3) is 0.333. The average molecular weight is 460 g/mol. The van der Waals surface area contributed by atoms with E-state index in [4.69, 9.17) is 0 Å². The van der Waals surface area contributed by atoms with E-state index in [-0.39, 0.29) is 0 Å². The average Bonchev–Trinajstić information content (AvgIpc) is 3.32. The minimum Gasteiger partial charge on any atom is -0.367 e. The summed E-state index contributed by atoms with van der Waals surface area (Å²) in [5.41, 5.74) is 1.75. The summed E-state index contributed by atoms with van der Waals surface area (Å²) in [4.78, 5) is 5.22. The Kier molecular flexibility index (Phi) is 4.49. The zero-order valence-electron chi connectivity index (χ0n) is 15.5.